The van der Waals surface area contributed by atoms with Gasteiger partial charge in [-0.05, 0) is 63.2 Å². The molecule has 2 rings (SSSR count). The molecule has 4 heteroatoms. The molecule has 0 radical (unpaired) electrons. The van der Waals surface area contributed by atoms with Crippen LogP contribution in [0.4, 0.5) is 0 Å². The van der Waals surface area contributed by atoms with Crippen molar-refractivity contribution in [3.63, 3.8) is 0 Å². The minimum absolute atomic E-state index is 0.00746. The zero-order valence-corrected chi connectivity index (χ0v) is 15.8. The Morgan fingerprint density at radius 1 is 1.19 bits per heavy atom. The van der Waals surface area contributed by atoms with Crippen LogP contribution in [-0.2, 0) is 9.59 Å². The van der Waals surface area contributed by atoms with E-state index in [4.69, 9.17) is 0 Å². The summed E-state index contributed by atoms with van der Waals surface area (Å²) in [6, 6.07) is 0. The number of halogens is 1. The predicted molar refractivity (Wildman–Crippen MR) is 93.2 cm³/mol. The second kappa shape index (κ2) is 6.17. The van der Waals surface area contributed by atoms with E-state index in [0.717, 1.165) is 25.7 Å². The zero-order chi connectivity index (χ0) is 15.8. The minimum atomic E-state index is -0.496. The van der Waals surface area contributed by atoms with Crippen LogP contribution in [0.15, 0.2) is 0 Å². The highest BCUT2D eigenvalue weighted by molar-refractivity contribution is 14.1. The van der Waals surface area contributed by atoms with E-state index in [1.807, 2.05) is 13.8 Å². The maximum atomic E-state index is 12.9. The van der Waals surface area contributed by atoms with Gasteiger partial charge in [0.1, 0.15) is 0 Å². The smallest absolute Gasteiger partial charge is 0.242 e. The van der Waals surface area contributed by atoms with Crippen molar-refractivity contribution < 1.29 is 9.59 Å². The van der Waals surface area contributed by atoms with Crippen LogP contribution in [0.5, 0.6) is 0 Å². The van der Waals surface area contributed by atoms with Gasteiger partial charge >= 0.3 is 0 Å². The van der Waals surface area contributed by atoms with E-state index < -0.39 is 3.42 Å². The van der Waals surface area contributed by atoms with Gasteiger partial charge in [-0.15, -0.1) is 0 Å². The van der Waals surface area contributed by atoms with Gasteiger partial charge in [-0.1, -0.05) is 43.4 Å². The molecule has 0 heterocycles. The molecule has 0 aromatic heterocycles. The normalized spacial score (nSPS) is 38.4. The van der Waals surface area contributed by atoms with Crippen molar-refractivity contribution in [2.75, 3.05) is 0 Å². The number of rotatable bonds is 3. The van der Waals surface area contributed by atoms with E-state index in [-0.39, 0.29) is 17.2 Å². The van der Waals surface area contributed by atoms with Gasteiger partial charge in [0, 0.05) is 0 Å². The molecule has 0 spiro atoms. The van der Waals surface area contributed by atoms with Gasteiger partial charge in [0.05, 0.1) is 8.84 Å². The van der Waals surface area contributed by atoms with E-state index in [0.29, 0.717) is 17.8 Å². The average molecular weight is 405 g/mol. The lowest BCUT2D eigenvalue weighted by molar-refractivity contribution is -0.144. The van der Waals surface area contributed by atoms with Crippen LogP contribution in [-0.4, -0.2) is 15.2 Å². The van der Waals surface area contributed by atoms with Crippen molar-refractivity contribution in [2.45, 2.75) is 69.6 Å². The number of fused-ring (bicyclic) bond motifs is 2. The van der Waals surface area contributed by atoms with Crippen molar-refractivity contribution in [2.24, 2.45) is 23.2 Å². The zero-order valence-electron chi connectivity index (χ0n) is 13.7. The van der Waals surface area contributed by atoms with E-state index in [9.17, 15) is 9.59 Å². The SMILES string of the molecule is CCC(C)(I)C(=O)NC(=O)C12CC(C)CC(CC(C)C1)C2. The summed E-state index contributed by atoms with van der Waals surface area (Å²) in [6.07, 6.45) is 6.08. The molecule has 2 saturated carbocycles. The van der Waals surface area contributed by atoms with Crippen molar-refractivity contribution in [1.82, 2.24) is 5.32 Å². The number of carbonyl (C=O) groups excluding carboxylic acids is 2. The van der Waals surface area contributed by atoms with Gasteiger partial charge in [0.25, 0.3) is 0 Å². The monoisotopic (exact) mass is 405 g/mol. The van der Waals surface area contributed by atoms with Crippen LogP contribution < -0.4 is 5.32 Å². The largest absolute Gasteiger partial charge is 0.295 e. The lowest BCUT2D eigenvalue weighted by Gasteiger charge is -2.48. The molecule has 3 nitrogen and oxygen atoms in total. The molecular formula is C17H28INO2. The summed E-state index contributed by atoms with van der Waals surface area (Å²) < 4.78 is -0.496. The molecule has 3 atom stereocenters. The molecule has 1 N–H and O–H groups in total. The quantitative estimate of drug-likeness (QED) is 0.568. The summed E-state index contributed by atoms with van der Waals surface area (Å²) in [7, 11) is 0. The Morgan fingerprint density at radius 3 is 2.19 bits per heavy atom. The molecule has 0 aliphatic heterocycles. The van der Waals surface area contributed by atoms with Crippen LogP contribution in [0, 0.1) is 23.2 Å². The van der Waals surface area contributed by atoms with E-state index in [2.05, 4.69) is 41.8 Å². The van der Waals surface area contributed by atoms with Gasteiger partial charge in [0.15, 0.2) is 0 Å². The van der Waals surface area contributed by atoms with Crippen LogP contribution in [0.25, 0.3) is 0 Å². The fourth-order valence-electron chi connectivity index (χ4n) is 4.51. The molecule has 2 fully saturated rings. The van der Waals surface area contributed by atoms with Gasteiger partial charge < -0.3 is 0 Å². The van der Waals surface area contributed by atoms with E-state index in [1.165, 1.54) is 12.8 Å². The summed E-state index contributed by atoms with van der Waals surface area (Å²) in [6.45, 7) is 8.38. The number of nitrogens with one attached hydrogen (secondary N) is 1. The molecule has 3 unspecified atom stereocenters. The summed E-state index contributed by atoms with van der Waals surface area (Å²) in [5.41, 5.74) is -0.296. The van der Waals surface area contributed by atoms with Gasteiger partial charge in [-0.3, -0.25) is 14.9 Å². The first-order chi connectivity index (χ1) is 9.68. The molecule has 2 amide bonds. The highest BCUT2D eigenvalue weighted by Crippen LogP contribution is 2.52. The van der Waals surface area contributed by atoms with Crippen molar-refractivity contribution >= 4 is 34.4 Å². The second-order valence-electron chi connectivity index (χ2n) is 7.77. The molecule has 0 saturated heterocycles. The molecule has 2 bridgehead atoms. The van der Waals surface area contributed by atoms with E-state index >= 15 is 0 Å². The molecule has 2 aliphatic rings. The first kappa shape index (κ1) is 17.2. The Bertz CT molecular complexity index is 413. The van der Waals surface area contributed by atoms with Crippen LogP contribution in [0.3, 0.4) is 0 Å². The Balaban J connectivity index is 2.14. The number of hydrogen-bond donors (Lipinski definition) is 1. The summed E-state index contributed by atoms with van der Waals surface area (Å²) >= 11 is 2.15. The first-order valence-electron chi connectivity index (χ1n) is 8.23. The second-order valence-corrected chi connectivity index (χ2v) is 10.2. The molecule has 21 heavy (non-hydrogen) atoms. The lowest BCUT2D eigenvalue weighted by Crippen LogP contribution is -2.53. The summed E-state index contributed by atoms with van der Waals surface area (Å²) in [4.78, 5) is 25.2. The van der Waals surface area contributed by atoms with Gasteiger partial charge in [-0.25, -0.2) is 0 Å². The number of hydrogen-bond acceptors (Lipinski definition) is 2. The topological polar surface area (TPSA) is 46.2 Å². The standard InChI is InChI=1S/C17H28INO2/c1-5-16(4,18)14(20)19-15(21)17-8-11(2)6-13(10-17)7-12(3)9-17/h11-13H,5-10H2,1-4H3,(H,19,20,21). The third-order valence-electron chi connectivity index (χ3n) is 5.48. The van der Waals surface area contributed by atoms with Crippen molar-refractivity contribution in [1.29, 1.82) is 0 Å². The minimum Gasteiger partial charge on any atom is -0.295 e. The molecule has 2 aliphatic carbocycles. The number of alkyl halides is 1. The van der Waals surface area contributed by atoms with Crippen molar-refractivity contribution in [3.05, 3.63) is 0 Å². The fourth-order valence-corrected chi connectivity index (χ4v) is 4.64. The first-order valence-corrected chi connectivity index (χ1v) is 9.31. The molecular weight excluding hydrogens is 377 g/mol. The Labute approximate surface area is 142 Å². The Kier molecular flexibility index (Phi) is 5.06. The third kappa shape index (κ3) is 3.62. The van der Waals surface area contributed by atoms with E-state index in [1.54, 1.807) is 0 Å². The third-order valence-corrected chi connectivity index (χ3v) is 6.73. The van der Waals surface area contributed by atoms with Gasteiger partial charge in [-0.2, -0.15) is 0 Å². The van der Waals surface area contributed by atoms with Crippen LogP contribution >= 0.6 is 22.6 Å². The van der Waals surface area contributed by atoms with Gasteiger partial charge in [0.2, 0.25) is 11.8 Å². The molecule has 0 aromatic rings. The fraction of sp³-hybridized carbons (Fsp3) is 0.882. The summed E-state index contributed by atoms with van der Waals surface area (Å²) in [5, 5.41) is 2.74. The number of carbonyl (C=O) groups is 2. The predicted octanol–water partition coefficient (Wildman–Crippen LogP) is 4.09. The maximum Gasteiger partial charge on any atom is 0.242 e. The summed E-state index contributed by atoms with van der Waals surface area (Å²) in [5.74, 6) is 1.71. The number of amides is 2. The maximum absolute atomic E-state index is 12.9. The number of imide groups is 1. The highest BCUT2D eigenvalue weighted by Gasteiger charge is 2.49. The van der Waals surface area contributed by atoms with Crippen molar-refractivity contribution in [3.8, 4) is 0 Å². The Hall–Kier alpha value is -0.130. The van der Waals surface area contributed by atoms with Crippen LogP contribution in [0.2, 0.25) is 0 Å². The molecule has 120 valence electrons. The highest BCUT2D eigenvalue weighted by atomic mass is 127. The average Bonchev–Trinajstić information content (AvgIpc) is 2.36. The lowest BCUT2D eigenvalue weighted by atomic mass is 9.56. The molecule has 0 aromatic carbocycles. The Morgan fingerprint density at radius 2 is 1.71 bits per heavy atom. The van der Waals surface area contributed by atoms with Crippen LogP contribution in [0.1, 0.15) is 66.2 Å².